The summed E-state index contributed by atoms with van der Waals surface area (Å²) in [6.07, 6.45) is 7.92. The van der Waals surface area contributed by atoms with Gasteiger partial charge in [-0.3, -0.25) is 9.79 Å². The molecule has 1 amide bonds. The van der Waals surface area contributed by atoms with Gasteiger partial charge in [0.15, 0.2) is 11.7 Å². The minimum atomic E-state index is -0.179. The molecule has 172 valence electrons. The predicted molar refractivity (Wildman–Crippen MR) is 125 cm³/mol. The minimum absolute atomic E-state index is 0.0579. The third-order valence-electron chi connectivity index (χ3n) is 6.33. The largest absolute Gasteiger partial charge is 0.487 e. The SMILES string of the molecule is CCNC(=NCCCNC(=O)c1occc1C)NC1CC2(CCCC2)Oc2ccccc21. The fourth-order valence-corrected chi connectivity index (χ4v) is 4.72. The molecule has 32 heavy (non-hydrogen) atoms. The van der Waals surface area contributed by atoms with E-state index in [1.807, 2.05) is 13.0 Å². The third-order valence-corrected chi connectivity index (χ3v) is 6.33. The number of aliphatic imine (C=N–C) groups is 1. The van der Waals surface area contributed by atoms with Crippen LogP contribution < -0.4 is 20.7 Å². The van der Waals surface area contributed by atoms with Crippen LogP contribution in [0.5, 0.6) is 5.75 Å². The first-order valence-corrected chi connectivity index (χ1v) is 11.8. The van der Waals surface area contributed by atoms with Crippen LogP contribution in [-0.4, -0.2) is 37.1 Å². The number of furan rings is 1. The van der Waals surface area contributed by atoms with E-state index in [2.05, 4.69) is 41.1 Å². The van der Waals surface area contributed by atoms with Crippen molar-refractivity contribution in [1.82, 2.24) is 16.0 Å². The maximum Gasteiger partial charge on any atom is 0.287 e. The van der Waals surface area contributed by atoms with E-state index in [9.17, 15) is 4.79 Å². The molecule has 1 aliphatic carbocycles. The van der Waals surface area contributed by atoms with E-state index >= 15 is 0 Å². The Morgan fingerprint density at radius 2 is 2.00 bits per heavy atom. The van der Waals surface area contributed by atoms with Gasteiger partial charge in [-0.2, -0.15) is 0 Å². The van der Waals surface area contributed by atoms with Gasteiger partial charge in [0.1, 0.15) is 11.4 Å². The van der Waals surface area contributed by atoms with E-state index in [0.29, 0.717) is 18.8 Å². The van der Waals surface area contributed by atoms with E-state index in [-0.39, 0.29) is 17.6 Å². The molecule has 1 aromatic carbocycles. The second-order valence-corrected chi connectivity index (χ2v) is 8.73. The van der Waals surface area contributed by atoms with E-state index in [4.69, 9.17) is 14.1 Å². The lowest BCUT2D eigenvalue weighted by Crippen LogP contribution is -2.46. The second-order valence-electron chi connectivity index (χ2n) is 8.73. The number of rotatable bonds is 7. The Bertz CT molecular complexity index is 946. The third kappa shape index (κ3) is 5.09. The Morgan fingerprint density at radius 3 is 2.75 bits per heavy atom. The van der Waals surface area contributed by atoms with Crippen LogP contribution in [-0.2, 0) is 0 Å². The van der Waals surface area contributed by atoms with Gasteiger partial charge >= 0.3 is 0 Å². The number of hydrogen-bond acceptors (Lipinski definition) is 4. The smallest absolute Gasteiger partial charge is 0.287 e. The summed E-state index contributed by atoms with van der Waals surface area (Å²) >= 11 is 0. The average molecular weight is 439 g/mol. The number of benzene rings is 1. The highest BCUT2D eigenvalue weighted by Gasteiger charge is 2.43. The highest BCUT2D eigenvalue weighted by Crippen LogP contribution is 2.46. The molecule has 0 bridgehead atoms. The minimum Gasteiger partial charge on any atom is -0.487 e. The van der Waals surface area contributed by atoms with Gasteiger partial charge in [0.2, 0.25) is 0 Å². The summed E-state index contributed by atoms with van der Waals surface area (Å²) in [5.41, 5.74) is 1.98. The zero-order valence-electron chi connectivity index (χ0n) is 19.1. The molecular weight excluding hydrogens is 404 g/mol. The molecule has 1 aromatic heterocycles. The van der Waals surface area contributed by atoms with Gasteiger partial charge in [-0.1, -0.05) is 18.2 Å². The van der Waals surface area contributed by atoms with Crippen molar-refractivity contribution in [3.8, 4) is 5.75 Å². The van der Waals surface area contributed by atoms with Gasteiger partial charge in [0.25, 0.3) is 5.91 Å². The fourth-order valence-electron chi connectivity index (χ4n) is 4.72. The van der Waals surface area contributed by atoms with Crippen molar-refractivity contribution in [2.24, 2.45) is 4.99 Å². The zero-order chi connectivity index (χ0) is 22.4. The number of hydrogen-bond donors (Lipinski definition) is 3. The lowest BCUT2D eigenvalue weighted by atomic mass is 9.86. The fraction of sp³-hybridized carbons (Fsp3) is 0.520. The van der Waals surface area contributed by atoms with Gasteiger partial charge in [-0.25, -0.2) is 0 Å². The Labute approximate surface area is 190 Å². The normalized spacial score (nSPS) is 19.3. The van der Waals surface area contributed by atoms with E-state index < -0.39 is 0 Å². The van der Waals surface area contributed by atoms with Crippen LogP contribution in [0.3, 0.4) is 0 Å². The lowest BCUT2D eigenvalue weighted by molar-refractivity contribution is 0.0396. The number of nitrogens with zero attached hydrogens (tertiary/aromatic N) is 1. The molecule has 1 fully saturated rings. The van der Waals surface area contributed by atoms with Crippen LogP contribution >= 0.6 is 0 Å². The number of guanidine groups is 1. The van der Waals surface area contributed by atoms with E-state index in [1.54, 1.807) is 6.07 Å². The Morgan fingerprint density at radius 1 is 1.19 bits per heavy atom. The number of carbonyl (C=O) groups excluding carboxylic acids is 1. The molecule has 1 saturated carbocycles. The lowest BCUT2D eigenvalue weighted by Gasteiger charge is -2.40. The number of ether oxygens (including phenoxy) is 1. The van der Waals surface area contributed by atoms with Crippen molar-refractivity contribution < 1.29 is 13.9 Å². The first kappa shape index (κ1) is 22.2. The summed E-state index contributed by atoms with van der Waals surface area (Å²) in [4.78, 5) is 16.9. The topological polar surface area (TPSA) is 87.9 Å². The van der Waals surface area contributed by atoms with Crippen LogP contribution in [0.1, 0.15) is 73.2 Å². The zero-order valence-corrected chi connectivity index (χ0v) is 19.1. The molecule has 3 N–H and O–H groups in total. The standard InChI is InChI=1S/C25H34N4O3/c1-3-26-24(28-15-8-14-27-23(30)22-18(2)11-16-31-22)29-20-17-25(12-6-7-13-25)32-21-10-5-4-9-19(20)21/h4-5,9-11,16,20H,3,6-8,12-15,17H2,1-2H3,(H,27,30)(H2,26,28,29). The van der Waals surface area contributed by atoms with Crippen LogP contribution in [0.15, 0.2) is 46.0 Å². The summed E-state index contributed by atoms with van der Waals surface area (Å²) in [6, 6.07) is 10.3. The molecule has 1 aliphatic heterocycles. The van der Waals surface area contributed by atoms with Crippen LogP contribution in [0.25, 0.3) is 0 Å². The molecule has 0 saturated heterocycles. The second kappa shape index (κ2) is 10.1. The van der Waals surface area contributed by atoms with Crippen LogP contribution in [0, 0.1) is 6.92 Å². The maximum atomic E-state index is 12.2. The number of nitrogens with one attached hydrogen (secondary N) is 3. The first-order chi connectivity index (χ1) is 15.6. The molecule has 2 aliphatic rings. The van der Waals surface area contributed by atoms with Crippen molar-refractivity contribution in [2.75, 3.05) is 19.6 Å². The molecule has 4 rings (SSSR count). The number of para-hydroxylation sites is 1. The number of aryl methyl sites for hydroxylation is 1. The van der Waals surface area contributed by atoms with E-state index in [0.717, 1.165) is 49.5 Å². The van der Waals surface area contributed by atoms with Crippen molar-refractivity contribution in [3.05, 3.63) is 53.5 Å². The number of carbonyl (C=O) groups is 1. The highest BCUT2D eigenvalue weighted by atomic mass is 16.5. The molecule has 0 radical (unpaired) electrons. The van der Waals surface area contributed by atoms with Gasteiger partial charge in [-0.15, -0.1) is 0 Å². The summed E-state index contributed by atoms with van der Waals surface area (Å²) in [6.45, 7) is 5.88. The molecule has 1 atom stereocenters. The first-order valence-electron chi connectivity index (χ1n) is 11.8. The summed E-state index contributed by atoms with van der Waals surface area (Å²) in [5, 5.41) is 9.91. The summed E-state index contributed by atoms with van der Waals surface area (Å²) < 4.78 is 11.7. The van der Waals surface area contributed by atoms with Crippen molar-refractivity contribution in [3.63, 3.8) is 0 Å². The molecule has 1 spiro atoms. The molecule has 7 heteroatoms. The maximum absolute atomic E-state index is 12.2. The summed E-state index contributed by atoms with van der Waals surface area (Å²) in [5.74, 6) is 1.99. The molecule has 7 nitrogen and oxygen atoms in total. The monoisotopic (exact) mass is 438 g/mol. The Hall–Kier alpha value is -2.96. The average Bonchev–Trinajstić information content (AvgIpc) is 3.42. The van der Waals surface area contributed by atoms with Gasteiger partial charge in [0.05, 0.1) is 12.3 Å². The highest BCUT2D eigenvalue weighted by molar-refractivity contribution is 5.92. The van der Waals surface area contributed by atoms with Gasteiger partial charge in [-0.05, 0) is 58.1 Å². The van der Waals surface area contributed by atoms with Crippen LogP contribution in [0.2, 0.25) is 0 Å². The van der Waals surface area contributed by atoms with Crippen molar-refractivity contribution in [2.45, 2.75) is 64.0 Å². The molecular formula is C25H34N4O3. The van der Waals surface area contributed by atoms with E-state index in [1.165, 1.54) is 24.7 Å². The number of fused-ring (bicyclic) bond motifs is 1. The molecule has 1 unspecified atom stereocenters. The van der Waals surface area contributed by atoms with Gasteiger partial charge in [0, 0.05) is 37.2 Å². The summed E-state index contributed by atoms with van der Waals surface area (Å²) in [7, 11) is 0. The Kier molecular flexibility index (Phi) is 7.02. The predicted octanol–water partition coefficient (Wildman–Crippen LogP) is 4.10. The number of amides is 1. The Balaban J connectivity index is 1.35. The molecule has 2 heterocycles. The van der Waals surface area contributed by atoms with Crippen molar-refractivity contribution >= 4 is 11.9 Å². The quantitative estimate of drug-likeness (QED) is 0.344. The van der Waals surface area contributed by atoms with Crippen molar-refractivity contribution in [1.29, 1.82) is 0 Å². The van der Waals surface area contributed by atoms with Gasteiger partial charge < -0.3 is 25.1 Å². The van der Waals surface area contributed by atoms with Crippen LogP contribution in [0.4, 0.5) is 0 Å². The molecule has 2 aromatic rings.